The maximum Gasteiger partial charge on any atom is 0.161 e. The van der Waals surface area contributed by atoms with Gasteiger partial charge < -0.3 is 0 Å². The Hall–Kier alpha value is -0.590. The SMILES string of the molecule is C/C=C1\C(=O)[C@H]2CC[C@@H]1C2. The molecule has 0 heterocycles. The molecule has 2 aliphatic rings. The fourth-order valence-corrected chi connectivity index (χ4v) is 2.32. The first-order valence-electron chi connectivity index (χ1n) is 4.03. The van der Waals surface area contributed by atoms with Crippen LogP contribution in [0.25, 0.3) is 0 Å². The maximum absolute atomic E-state index is 11.3. The van der Waals surface area contributed by atoms with Crippen LogP contribution in [-0.2, 0) is 4.79 Å². The number of rotatable bonds is 0. The van der Waals surface area contributed by atoms with Gasteiger partial charge in [-0.2, -0.15) is 0 Å². The van der Waals surface area contributed by atoms with Crippen molar-refractivity contribution in [3.05, 3.63) is 11.6 Å². The molecule has 0 aromatic heterocycles. The number of hydrogen-bond acceptors (Lipinski definition) is 1. The van der Waals surface area contributed by atoms with E-state index < -0.39 is 0 Å². The molecule has 0 saturated heterocycles. The van der Waals surface area contributed by atoms with Gasteiger partial charge in [0.1, 0.15) is 0 Å². The summed E-state index contributed by atoms with van der Waals surface area (Å²) in [5.74, 6) is 1.50. The first kappa shape index (κ1) is 6.14. The molecule has 0 aliphatic heterocycles. The molecule has 0 spiro atoms. The van der Waals surface area contributed by atoms with Crippen molar-refractivity contribution >= 4 is 5.78 Å². The van der Waals surface area contributed by atoms with Gasteiger partial charge in [0.2, 0.25) is 0 Å². The van der Waals surface area contributed by atoms with E-state index in [4.69, 9.17) is 0 Å². The molecule has 2 bridgehead atoms. The normalized spacial score (nSPS) is 41.7. The second-order valence-corrected chi connectivity index (χ2v) is 3.32. The minimum atomic E-state index is 0.413. The lowest BCUT2D eigenvalue weighted by Gasteiger charge is -2.10. The molecule has 0 aromatic rings. The molecule has 10 heavy (non-hydrogen) atoms. The summed E-state index contributed by atoms with van der Waals surface area (Å²) in [6.07, 6.45) is 5.57. The molecular formula is C9H12O. The summed E-state index contributed by atoms with van der Waals surface area (Å²) in [6.45, 7) is 1.98. The lowest BCUT2D eigenvalue weighted by Crippen LogP contribution is -2.11. The van der Waals surface area contributed by atoms with Crippen LogP contribution in [0, 0.1) is 11.8 Å². The lowest BCUT2D eigenvalue weighted by atomic mass is 9.94. The average molecular weight is 136 g/mol. The second-order valence-electron chi connectivity index (χ2n) is 3.32. The van der Waals surface area contributed by atoms with E-state index >= 15 is 0 Å². The summed E-state index contributed by atoms with van der Waals surface area (Å²) in [5.41, 5.74) is 1.12. The average Bonchev–Trinajstić information content (AvgIpc) is 2.46. The molecule has 2 saturated carbocycles. The molecule has 2 rings (SSSR count). The Kier molecular flexibility index (Phi) is 1.19. The molecule has 2 aliphatic carbocycles. The fraction of sp³-hybridized carbons (Fsp3) is 0.667. The van der Waals surface area contributed by atoms with E-state index in [0.717, 1.165) is 18.4 Å². The highest BCUT2D eigenvalue weighted by Crippen LogP contribution is 2.45. The summed E-state index contributed by atoms with van der Waals surface area (Å²) in [6, 6.07) is 0. The molecule has 1 heteroatoms. The van der Waals surface area contributed by atoms with Gasteiger partial charge in [-0.05, 0) is 37.7 Å². The van der Waals surface area contributed by atoms with Crippen molar-refractivity contribution < 1.29 is 4.79 Å². The predicted octanol–water partition coefficient (Wildman–Crippen LogP) is 1.93. The summed E-state index contributed by atoms with van der Waals surface area (Å²) < 4.78 is 0. The van der Waals surface area contributed by atoms with E-state index in [1.54, 1.807) is 0 Å². The molecule has 0 radical (unpaired) electrons. The van der Waals surface area contributed by atoms with Gasteiger partial charge in [0.25, 0.3) is 0 Å². The molecule has 0 amide bonds. The Balaban J connectivity index is 2.33. The Morgan fingerprint density at radius 1 is 1.40 bits per heavy atom. The standard InChI is InChI=1S/C9H12O/c1-2-8-6-3-4-7(5-6)9(8)10/h2,6-7H,3-5H2,1H3/b8-2-/t6-,7+/m1/s1. The maximum atomic E-state index is 11.3. The van der Waals surface area contributed by atoms with Crippen LogP contribution in [0.3, 0.4) is 0 Å². The number of Topliss-reactive ketones (excluding diaryl/α,β-unsaturated/α-hetero) is 1. The van der Waals surface area contributed by atoms with Gasteiger partial charge in [-0.15, -0.1) is 0 Å². The van der Waals surface area contributed by atoms with Gasteiger partial charge in [0, 0.05) is 5.92 Å². The third-order valence-corrected chi connectivity index (χ3v) is 2.84. The van der Waals surface area contributed by atoms with Gasteiger partial charge in [0.05, 0.1) is 0 Å². The largest absolute Gasteiger partial charge is 0.294 e. The van der Waals surface area contributed by atoms with Crippen molar-refractivity contribution in [2.75, 3.05) is 0 Å². The second kappa shape index (κ2) is 1.94. The van der Waals surface area contributed by atoms with E-state index in [1.807, 2.05) is 13.0 Å². The number of carbonyl (C=O) groups is 1. The quantitative estimate of drug-likeness (QED) is 0.465. The van der Waals surface area contributed by atoms with E-state index in [-0.39, 0.29) is 0 Å². The third-order valence-electron chi connectivity index (χ3n) is 2.84. The number of fused-ring (bicyclic) bond motifs is 2. The van der Waals surface area contributed by atoms with Crippen LogP contribution in [0.15, 0.2) is 11.6 Å². The van der Waals surface area contributed by atoms with Crippen LogP contribution in [0.5, 0.6) is 0 Å². The summed E-state index contributed by atoms with van der Waals surface area (Å²) in [5, 5.41) is 0. The van der Waals surface area contributed by atoms with E-state index in [2.05, 4.69) is 0 Å². The zero-order valence-corrected chi connectivity index (χ0v) is 6.26. The van der Waals surface area contributed by atoms with Crippen LogP contribution < -0.4 is 0 Å². The zero-order valence-electron chi connectivity index (χ0n) is 6.26. The van der Waals surface area contributed by atoms with Gasteiger partial charge in [-0.25, -0.2) is 0 Å². The Bertz CT molecular complexity index is 203. The topological polar surface area (TPSA) is 17.1 Å². The fourth-order valence-electron chi connectivity index (χ4n) is 2.32. The Labute approximate surface area is 61.1 Å². The van der Waals surface area contributed by atoms with Crippen molar-refractivity contribution in [2.45, 2.75) is 26.2 Å². The lowest BCUT2D eigenvalue weighted by molar-refractivity contribution is -0.118. The van der Waals surface area contributed by atoms with Crippen LogP contribution in [0.1, 0.15) is 26.2 Å². The highest BCUT2D eigenvalue weighted by atomic mass is 16.1. The van der Waals surface area contributed by atoms with Gasteiger partial charge >= 0.3 is 0 Å². The van der Waals surface area contributed by atoms with Gasteiger partial charge in [0.15, 0.2) is 5.78 Å². The monoisotopic (exact) mass is 136 g/mol. The molecule has 2 atom stereocenters. The molecule has 0 aromatic carbocycles. The van der Waals surface area contributed by atoms with Crippen molar-refractivity contribution in [2.24, 2.45) is 11.8 Å². The summed E-state index contributed by atoms with van der Waals surface area (Å²) in [7, 11) is 0. The summed E-state index contributed by atoms with van der Waals surface area (Å²) in [4.78, 5) is 11.3. The molecule has 2 fully saturated rings. The minimum Gasteiger partial charge on any atom is -0.294 e. The first-order chi connectivity index (χ1) is 4.83. The van der Waals surface area contributed by atoms with Crippen molar-refractivity contribution in [3.63, 3.8) is 0 Å². The van der Waals surface area contributed by atoms with Gasteiger partial charge in [-0.3, -0.25) is 4.79 Å². The molecule has 1 nitrogen and oxygen atoms in total. The number of allylic oxidation sites excluding steroid dienone is 2. The predicted molar refractivity (Wildman–Crippen MR) is 39.6 cm³/mol. The summed E-state index contributed by atoms with van der Waals surface area (Å²) >= 11 is 0. The smallest absolute Gasteiger partial charge is 0.161 e. The Morgan fingerprint density at radius 3 is 2.50 bits per heavy atom. The zero-order chi connectivity index (χ0) is 7.14. The van der Waals surface area contributed by atoms with E-state index in [9.17, 15) is 4.79 Å². The molecular weight excluding hydrogens is 124 g/mol. The van der Waals surface area contributed by atoms with E-state index in [1.165, 1.54) is 6.42 Å². The third kappa shape index (κ3) is 0.606. The van der Waals surface area contributed by atoms with E-state index in [0.29, 0.717) is 17.6 Å². The van der Waals surface area contributed by atoms with Gasteiger partial charge in [-0.1, -0.05) is 6.08 Å². The van der Waals surface area contributed by atoms with Crippen molar-refractivity contribution in [1.29, 1.82) is 0 Å². The van der Waals surface area contributed by atoms with Crippen molar-refractivity contribution in [1.82, 2.24) is 0 Å². The van der Waals surface area contributed by atoms with Crippen LogP contribution >= 0.6 is 0 Å². The van der Waals surface area contributed by atoms with Crippen LogP contribution in [-0.4, -0.2) is 5.78 Å². The Morgan fingerprint density at radius 2 is 2.10 bits per heavy atom. The van der Waals surface area contributed by atoms with Crippen molar-refractivity contribution in [3.8, 4) is 0 Å². The van der Waals surface area contributed by atoms with Crippen LogP contribution in [0.2, 0.25) is 0 Å². The highest BCUT2D eigenvalue weighted by molar-refractivity contribution is 6.00. The van der Waals surface area contributed by atoms with Crippen LogP contribution in [0.4, 0.5) is 0 Å². The minimum absolute atomic E-state index is 0.413. The number of hydrogen-bond donors (Lipinski definition) is 0. The number of ketones is 1. The highest BCUT2D eigenvalue weighted by Gasteiger charge is 2.41. The first-order valence-corrected chi connectivity index (χ1v) is 4.03. The number of carbonyl (C=O) groups excluding carboxylic acids is 1. The molecule has 0 unspecified atom stereocenters. The molecule has 0 N–H and O–H groups in total. The molecule has 54 valence electrons.